The number of rotatable bonds is 1. The number of benzene rings is 1. The van der Waals surface area contributed by atoms with Crippen LogP contribution in [0.5, 0.6) is 0 Å². The van der Waals surface area contributed by atoms with E-state index in [1.165, 1.54) is 37.2 Å². The molecule has 0 spiro atoms. The van der Waals surface area contributed by atoms with E-state index in [2.05, 4.69) is 30.9 Å². The number of hydrogen-bond acceptors (Lipinski definition) is 1. The van der Waals surface area contributed by atoms with Crippen molar-refractivity contribution < 1.29 is 0 Å². The number of aryl methyl sites for hydroxylation is 1. The van der Waals surface area contributed by atoms with Crippen LogP contribution in [0.1, 0.15) is 25.3 Å². The number of halogens is 1. The van der Waals surface area contributed by atoms with Gasteiger partial charge < -0.3 is 4.90 Å². The molecule has 1 aliphatic rings. The first kappa shape index (κ1) is 10.8. The van der Waals surface area contributed by atoms with Gasteiger partial charge in [0.15, 0.2) is 0 Å². The Kier molecular flexibility index (Phi) is 3.20. The van der Waals surface area contributed by atoms with Crippen LogP contribution in [0.25, 0.3) is 0 Å². The van der Waals surface area contributed by atoms with E-state index in [0.29, 0.717) is 0 Å². The van der Waals surface area contributed by atoms with Crippen LogP contribution in [0.2, 0.25) is 5.02 Å². The lowest BCUT2D eigenvalue weighted by atomic mass is 9.98. The summed E-state index contributed by atoms with van der Waals surface area (Å²) in [6, 6.07) is 6.19. The Labute approximate surface area is 97.0 Å². The summed E-state index contributed by atoms with van der Waals surface area (Å²) >= 11 is 5.96. The van der Waals surface area contributed by atoms with Gasteiger partial charge in [-0.25, -0.2) is 0 Å². The monoisotopic (exact) mass is 223 g/mol. The summed E-state index contributed by atoms with van der Waals surface area (Å²) in [7, 11) is 0. The molecule has 1 aliphatic heterocycles. The zero-order chi connectivity index (χ0) is 10.8. The summed E-state index contributed by atoms with van der Waals surface area (Å²) in [5.74, 6) is 0.883. The van der Waals surface area contributed by atoms with Crippen LogP contribution in [0.15, 0.2) is 18.2 Å². The SMILES string of the molecule is Cc1cc(Cl)ccc1N1CCC(C)CC1. The predicted octanol–water partition coefficient (Wildman–Crippen LogP) is 3.88. The van der Waals surface area contributed by atoms with Crippen molar-refractivity contribution in [2.24, 2.45) is 5.92 Å². The second-order valence-corrected chi connectivity index (χ2v) is 5.04. The summed E-state index contributed by atoms with van der Waals surface area (Å²) in [5, 5.41) is 0.835. The van der Waals surface area contributed by atoms with E-state index in [1.54, 1.807) is 0 Å². The van der Waals surface area contributed by atoms with E-state index >= 15 is 0 Å². The topological polar surface area (TPSA) is 3.24 Å². The average Bonchev–Trinajstić information content (AvgIpc) is 2.20. The van der Waals surface area contributed by atoms with Gasteiger partial charge in [-0.1, -0.05) is 18.5 Å². The Morgan fingerprint density at radius 3 is 2.53 bits per heavy atom. The van der Waals surface area contributed by atoms with Crippen molar-refractivity contribution in [1.82, 2.24) is 0 Å². The van der Waals surface area contributed by atoms with E-state index in [1.807, 2.05) is 6.07 Å². The minimum absolute atomic E-state index is 0.835. The van der Waals surface area contributed by atoms with Gasteiger partial charge in [0.2, 0.25) is 0 Å². The molecule has 1 heterocycles. The van der Waals surface area contributed by atoms with Gasteiger partial charge in [-0.05, 0) is 49.4 Å². The van der Waals surface area contributed by atoms with Crippen LogP contribution in [-0.4, -0.2) is 13.1 Å². The second-order valence-electron chi connectivity index (χ2n) is 4.60. The number of anilines is 1. The lowest BCUT2D eigenvalue weighted by molar-refractivity contribution is 0.438. The zero-order valence-corrected chi connectivity index (χ0v) is 10.2. The van der Waals surface area contributed by atoms with Gasteiger partial charge in [-0.3, -0.25) is 0 Å². The Hall–Kier alpha value is -0.690. The highest BCUT2D eigenvalue weighted by Crippen LogP contribution is 2.27. The van der Waals surface area contributed by atoms with Crippen molar-refractivity contribution in [3.63, 3.8) is 0 Å². The van der Waals surface area contributed by atoms with Crippen LogP contribution < -0.4 is 4.90 Å². The Morgan fingerprint density at radius 2 is 1.93 bits per heavy atom. The lowest BCUT2D eigenvalue weighted by Gasteiger charge is -2.33. The molecule has 0 radical (unpaired) electrons. The lowest BCUT2D eigenvalue weighted by Crippen LogP contribution is -2.33. The molecule has 2 heteroatoms. The first-order valence-corrected chi connectivity index (χ1v) is 6.05. The fourth-order valence-electron chi connectivity index (χ4n) is 2.22. The Balaban J connectivity index is 2.15. The molecule has 0 saturated carbocycles. The molecular weight excluding hydrogens is 206 g/mol. The van der Waals surface area contributed by atoms with Gasteiger partial charge in [0.05, 0.1) is 0 Å². The first-order valence-electron chi connectivity index (χ1n) is 5.68. The highest BCUT2D eigenvalue weighted by atomic mass is 35.5. The maximum Gasteiger partial charge on any atom is 0.0410 e. The van der Waals surface area contributed by atoms with E-state index in [-0.39, 0.29) is 0 Å². The average molecular weight is 224 g/mol. The molecule has 1 fully saturated rings. The van der Waals surface area contributed by atoms with Crippen LogP contribution in [0, 0.1) is 12.8 Å². The maximum absolute atomic E-state index is 5.96. The van der Waals surface area contributed by atoms with Crippen molar-refractivity contribution >= 4 is 17.3 Å². The molecule has 15 heavy (non-hydrogen) atoms. The number of hydrogen-bond donors (Lipinski definition) is 0. The standard InChI is InChI=1S/C13H18ClN/c1-10-5-7-15(8-6-10)13-4-3-12(14)9-11(13)2/h3-4,9-10H,5-8H2,1-2H3. The molecular formula is C13H18ClN. The minimum Gasteiger partial charge on any atom is -0.371 e. The number of piperidine rings is 1. The largest absolute Gasteiger partial charge is 0.371 e. The molecule has 1 saturated heterocycles. The van der Waals surface area contributed by atoms with Gasteiger partial charge in [0, 0.05) is 23.8 Å². The van der Waals surface area contributed by atoms with Gasteiger partial charge in [-0.15, -0.1) is 0 Å². The summed E-state index contributed by atoms with van der Waals surface area (Å²) < 4.78 is 0. The second kappa shape index (κ2) is 4.44. The van der Waals surface area contributed by atoms with E-state index < -0.39 is 0 Å². The molecule has 0 aliphatic carbocycles. The summed E-state index contributed by atoms with van der Waals surface area (Å²) in [5.41, 5.74) is 2.64. The highest BCUT2D eigenvalue weighted by Gasteiger charge is 2.17. The molecule has 1 nitrogen and oxygen atoms in total. The van der Waals surface area contributed by atoms with Crippen molar-refractivity contribution in [3.8, 4) is 0 Å². The van der Waals surface area contributed by atoms with E-state index in [0.717, 1.165) is 10.9 Å². The molecule has 0 unspecified atom stereocenters. The normalized spacial score (nSPS) is 18.2. The van der Waals surface area contributed by atoms with Crippen molar-refractivity contribution in [2.45, 2.75) is 26.7 Å². The van der Waals surface area contributed by atoms with Gasteiger partial charge in [-0.2, -0.15) is 0 Å². The summed E-state index contributed by atoms with van der Waals surface area (Å²) in [6.45, 7) is 6.85. The smallest absolute Gasteiger partial charge is 0.0410 e. The molecule has 0 bridgehead atoms. The third kappa shape index (κ3) is 2.46. The summed E-state index contributed by atoms with van der Waals surface area (Å²) in [4.78, 5) is 2.48. The molecule has 1 aromatic rings. The third-order valence-corrected chi connectivity index (χ3v) is 3.52. The molecule has 0 aromatic heterocycles. The fraction of sp³-hybridized carbons (Fsp3) is 0.538. The fourth-order valence-corrected chi connectivity index (χ4v) is 2.45. The van der Waals surface area contributed by atoms with Crippen LogP contribution in [0.4, 0.5) is 5.69 Å². The van der Waals surface area contributed by atoms with Crippen molar-refractivity contribution in [2.75, 3.05) is 18.0 Å². The molecule has 1 aromatic carbocycles. The van der Waals surface area contributed by atoms with E-state index in [4.69, 9.17) is 11.6 Å². The Morgan fingerprint density at radius 1 is 1.27 bits per heavy atom. The van der Waals surface area contributed by atoms with Gasteiger partial charge in [0.25, 0.3) is 0 Å². The van der Waals surface area contributed by atoms with Crippen LogP contribution in [-0.2, 0) is 0 Å². The Bertz CT molecular complexity index is 340. The molecule has 82 valence electrons. The highest BCUT2D eigenvalue weighted by molar-refractivity contribution is 6.30. The minimum atomic E-state index is 0.835. The predicted molar refractivity (Wildman–Crippen MR) is 66.8 cm³/mol. The van der Waals surface area contributed by atoms with E-state index in [9.17, 15) is 0 Å². The summed E-state index contributed by atoms with van der Waals surface area (Å²) in [6.07, 6.45) is 2.62. The molecule has 0 N–H and O–H groups in total. The molecule has 0 atom stereocenters. The number of nitrogens with zero attached hydrogens (tertiary/aromatic N) is 1. The van der Waals surface area contributed by atoms with Gasteiger partial charge >= 0.3 is 0 Å². The van der Waals surface area contributed by atoms with Crippen molar-refractivity contribution in [3.05, 3.63) is 28.8 Å². The third-order valence-electron chi connectivity index (χ3n) is 3.28. The van der Waals surface area contributed by atoms with Crippen LogP contribution >= 0.6 is 11.6 Å². The zero-order valence-electron chi connectivity index (χ0n) is 9.46. The first-order chi connectivity index (χ1) is 7.16. The quantitative estimate of drug-likeness (QED) is 0.699. The van der Waals surface area contributed by atoms with Gasteiger partial charge in [0.1, 0.15) is 0 Å². The van der Waals surface area contributed by atoms with Crippen molar-refractivity contribution in [1.29, 1.82) is 0 Å². The maximum atomic E-state index is 5.96. The van der Waals surface area contributed by atoms with Crippen LogP contribution in [0.3, 0.4) is 0 Å². The molecule has 2 rings (SSSR count). The molecule has 0 amide bonds.